The van der Waals surface area contributed by atoms with Crippen LogP contribution in [0.4, 0.5) is 0 Å². The maximum absolute atomic E-state index is 11.2. The summed E-state index contributed by atoms with van der Waals surface area (Å²) in [6.45, 7) is 13.0. The quantitative estimate of drug-likeness (QED) is 0.493. The Morgan fingerprint density at radius 1 is 1.07 bits per heavy atom. The molecule has 3 heterocycles. The molecule has 3 fully saturated rings. The molecular weight excluding hydrogens is 350 g/mol. The van der Waals surface area contributed by atoms with Crippen molar-refractivity contribution in [3.8, 4) is 0 Å². The summed E-state index contributed by atoms with van der Waals surface area (Å²) in [5, 5.41) is 5.71. The smallest absolute Gasteiger partial charge is 1.00 e. The van der Waals surface area contributed by atoms with Crippen molar-refractivity contribution in [2.45, 2.75) is 79.1 Å². The van der Waals surface area contributed by atoms with E-state index in [0.717, 1.165) is 26.1 Å². The van der Waals surface area contributed by atoms with E-state index in [1.165, 1.54) is 45.2 Å². The third-order valence-corrected chi connectivity index (χ3v) is 5.29. The van der Waals surface area contributed by atoms with E-state index in [9.17, 15) is 9.59 Å². The molecule has 0 aromatic heterocycles. The largest absolute Gasteiger partial charge is 1.00 e. The molecule has 2 N–H and O–H groups in total. The van der Waals surface area contributed by atoms with Gasteiger partial charge in [0.15, 0.2) is 17.4 Å². The Balaban J connectivity index is -0.000000335. The molecule has 154 valence electrons. The maximum Gasteiger partial charge on any atom is 1.00 e. The van der Waals surface area contributed by atoms with Crippen LogP contribution >= 0.6 is 0 Å². The second-order valence-electron chi connectivity index (χ2n) is 8.17. The summed E-state index contributed by atoms with van der Waals surface area (Å²) in [5.74, 6) is -0.240. The van der Waals surface area contributed by atoms with Crippen LogP contribution in [0.2, 0.25) is 0 Å². The van der Waals surface area contributed by atoms with E-state index in [4.69, 9.17) is 4.74 Å². The van der Waals surface area contributed by atoms with E-state index < -0.39 is 5.41 Å². The van der Waals surface area contributed by atoms with Gasteiger partial charge in [0.05, 0.1) is 5.41 Å². The molecule has 0 bridgehead atoms. The third kappa shape index (κ3) is 11.1. The van der Waals surface area contributed by atoms with Gasteiger partial charge in [-0.2, -0.15) is 0 Å². The summed E-state index contributed by atoms with van der Waals surface area (Å²) in [7, 11) is 0. The Labute approximate surface area is 190 Å². The predicted molar refractivity (Wildman–Crippen MR) is 112 cm³/mol. The molecule has 2 atom stereocenters. The van der Waals surface area contributed by atoms with Crippen LogP contribution in [0.15, 0.2) is 0 Å². The first-order chi connectivity index (χ1) is 11.9. The molecule has 3 rings (SSSR count). The number of carbonyl (C=O) groups is 2. The van der Waals surface area contributed by atoms with Crippen LogP contribution in [-0.2, 0) is 14.3 Å². The van der Waals surface area contributed by atoms with E-state index in [-0.39, 0.29) is 49.5 Å². The summed E-state index contributed by atoms with van der Waals surface area (Å²) < 4.78 is 4.94. The van der Waals surface area contributed by atoms with Crippen LogP contribution in [0.3, 0.4) is 0 Å². The zero-order chi connectivity index (χ0) is 18.8. The summed E-state index contributed by atoms with van der Waals surface area (Å²) in [6, 6.07) is 0. The second kappa shape index (κ2) is 15.1. The number of hydrogen-bond acceptors (Lipinski definition) is 4. The third-order valence-electron chi connectivity index (χ3n) is 5.29. The molecule has 3 saturated heterocycles. The summed E-state index contributed by atoms with van der Waals surface area (Å²) in [6.07, 6.45) is 8.75. The Morgan fingerprint density at radius 3 is 2.00 bits per heavy atom. The van der Waals surface area contributed by atoms with Crippen LogP contribution < -0.4 is 29.5 Å². The molecule has 7 heteroatoms. The van der Waals surface area contributed by atoms with Gasteiger partial charge >= 0.3 is 18.9 Å². The molecule has 2 unspecified atom stereocenters. The SMILES string of the molecule is C1CCOC1.CCCC1(C)CC(=O)NC1=O.CCCC1(C)CCNC1.[AlH3].[H-].[Li+]. The van der Waals surface area contributed by atoms with Gasteiger partial charge in [0.1, 0.15) is 0 Å². The number of carbonyl (C=O) groups excluding carboxylic acids is 2. The first-order valence-corrected chi connectivity index (χ1v) is 9.98. The fourth-order valence-electron chi connectivity index (χ4n) is 3.71. The summed E-state index contributed by atoms with van der Waals surface area (Å²) in [5.41, 5.74) is 0.209. The molecule has 3 aliphatic rings. The van der Waals surface area contributed by atoms with E-state index in [2.05, 4.69) is 24.5 Å². The Morgan fingerprint density at radius 2 is 1.67 bits per heavy atom. The Hall–Kier alpha value is 0.190. The van der Waals surface area contributed by atoms with E-state index in [0.29, 0.717) is 11.8 Å². The van der Waals surface area contributed by atoms with Crippen molar-refractivity contribution in [1.82, 2.24) is 10.6 Å². The van der Waals surface area contributed by atoms with Crippen LogP contribution in [-0.4, -0.2) is 55.5 Å². The molecule has 0 aromatic carbocycles. The van der Waals surface area contributed by atoms with Gasteiger partial charge in [-0.25, -0.2) is 0 Å². The first-order valence-electron chi connectivity index (χ1n) is 9.98. The van der Waals surface area contributed by atoms with Crippen molar-refractivity contribution in [1.29, 1.82) is 0 Å². The normalized spacial score (nSPS) is 28.7. The van der Waals surface area contributed by atoms with Crippen molar-refractivity contribution in [2.24, 2.45) is 10.8 Å². The zero-order valence-corrected chi connectivity index (χ0v) is 17.7. The average Bonchev–Trinajstić information content (AvgIpc) is 3.26. The second-order valence-corrected chi connectivity index (χ2v) is 8.17. The standard InChI is InChI=1S/C8H13NO2.C8H17N.C4H8O.Al.Li.4H/c1-3-4-8(2)5-6(10)9-7(8)11;1-3-4-8(2)5-6-9-7-8;1-2-4-5-3-1;;;;;;/h3-5H2,1-2H3,(H,9,10,11);9H,3-7H2,1-2H3;1-4H2;;;;;;/q;;;;+1;;;;-1. The molecule has 0 radical (unpaired) electrons. The monoisotopic (exact) mass is 392 g/mol. The number of ether oxygens (including phenoxy) is 1. The first kappa shape index (κ1) is 29.4. The van der Waals surface area contributed by atoms with Crippen molar-refractivity contribution < 1.29 is 34.6 Å². The average molecular weight is 392 g/mol. The van der Waals surface area contributed by atoms with Crippen LogP contribution in [0.1, 0.15) is 80.5 Å². The topological polar surface area (TPSA) is 67.4 Å². The summed E-state index contributed by atoms with van der Waals surface area (Å²) >= 11 is 0. The van der Waals surface area contributed by atoms with Crippen LogP contribution in [0.25, 0.3) is 0 Å². The Kier molecular flexibility index (Phi) is 16.4. The van der Waals surface area contributed by atoms with Crippen molar-refractivity contribution >= 4 is 29.2 Å². The van der Waals surface area contributed by atoms with Gasteiger partial charge in [-0.05, 0) is 44.1 Å². The van der Waals surface area contributed by atoms with Crippen LogP contribution in [0.5, 0.6) is 0 Å². The zero-order valence-electron chi connectivity index (χ0n) is 18.7. The van der Waals surface area contributed by atoms with Crippen molar-refractivity contribution in [3.63, 3.8) is 0 Å². The predicted octanol–water partition coefficient (Wildman–Crippen LogP) is -0.645. The fraction of sp³-hybridized carbons (Fsp3) is 0.900. The van der Waals surface area contributed by atoms with Gasteiger partial charge < -0.3 is 11.5 Å². The number of imide groups is 1. The molecule has 0 spiro atoms. The van der Waals surface area contributed by atoms with Crippen molar-refractivity contribution in [2.75, 3.05) is 26.3 Å². The molecular formula is C20H42AlLiN2O3. The number of hydrogen-bond donors (Lipinski definition) is 2. The Bertz CT molecular complexity index is 426. The molecule has 0 aromatic rings. The van der Waals surface area contributed by atoms with Gasteiger partial charge in [-0.1, -0.05) is 40.5 Å². The van der Waals surface area contributed by atoms with E-state index in [1.807, 2.05) is 13.8 Å². The summed E-state index contributed by atoms with van der Waals surface area (Å²) in [4.78, 5) is 22.0. The minimum Gasteiger partial charge on any atom is -1.00 e. The van der Waals surface area contributed by atoms with Gasteiger partial charge in [-0.15, -0.1) is 0 Å². The minimum absolute atomic E-state index is 0. The fourth-order valence-corrected chi connectivity index (χ4v) is 3.71. The van der Waals surface area contributed by atoms with Gasteiger partial charge in [-0.3, -0.25) is 14.9 Å². The van der Waals surface area contributed by atoms with Crippen LogP contribution in [0, 0.1) is 10.8 Å². The van der Waals surface area contributed by atoms with Gasteiger partial charge in [0.2, 0.25) is 11.8 Å². The molecule has 3 aliphatic heterocycles. The van der Waals surface area contributed by atoms with Gasteiger partial charge in [0, 0.05) is 26.2 Å². The number of nitrogens with one attached hydrogen (secondary N) is 2. The van der Waals surface area contributed by atoms with E-state index >= 15 is 0 Å². The number of amides is 2. The molecule has 0 aliphatic carbocycles. The molecule has 2 amide bonds. The van der Waals surface area contributed by atoms with Crippen molar-refractivity contribution in [3.05, 3.63) is 0 Å². The van der Waals surface area contributed by atoms with Gasteiger partial charge in [0.25, 0.3) is 0 Å². The minimum atomic E-state index is -0.425. The number of rotatable bonds is 4. The molecule has 27 heavy (non-hydrogen) atoms. The molecule has 5 nitrogen and oxygen atoms in total. The molecule has 0 saturated carbocycles. The maximum atomic E-state index is 11.2. The van der Waals surface area contributed by atoms with E-state index in [1.54, 1.807) is 0 Å².